The fourth-order valence-corrected chi connectivity index (χ4v) is 2.12. The maximum atomic E-state index is 13.7. The molecule has 8 heteroatoms. The molecule has 0 saturated carbocycles. The van der Waals surface area contributed by atoms with Gasteiger partial charge in [0, 0.05) is 17.7 Å². The fourth-order valence-electron chi connectivity index (χ4n) is 1.83. The van der Waals surface area contributed by atoms with Crippen molar-refractivity contribution in [3.8, 4) is 11.8 Å². The summed E-state index contributed by atoms with van der Waals surface area (Å²) >= 11 is 11.6. The SMILES string of the molecule is N#CC(NC(=O)COc1ccc(Cl)c(Cl)c1)c1ccc(F)cc1F. The van der Waals surface area contributed by atoms with Crippen LogP contribution in [0.1, 0.15) is 11.6 Å². The summed E-state index contributed by atoms with van der Waals surface area (Å²) in [5.41, 5.74) is -0.137. The molecule has 0 spiro atoms. The molecule has 24 heavy (non-hydrogen) atoms. The number of rotatable bonds is 5. The summed E-state index contributed by atoms with van der Waals surface area (Å²) in [5, 5.41) is 12.0. The number of ether oxygens (including phenoxy) is 1. The number of nitriles is 1. The molecule has 0 aromatic heterocycles. The minimum absolute atomic E-state index is 0.137. The van der Waals surface area contributed by atoms with E-state index in [0.29, 0.717) is 16.8 Å². The van der Waals surface area contributed by atoms with E-state index < -0.39 is 30.2 Å². The molecule has 2 aromatic rings. The zero-order valence-corrected chi connectivity index (χ0v) is 13.5. The second-order valence-electron chi connectivity index (χ2n) is 4.66. The molecule has 0 heterocycles. The fraction of sp³-hybridized carbons (Fsp3) is 0.125. The van der Waals surface area contributed by atoms with E-state index >= 15 is 0 Å². The predicted octanol–water partition coefficient (Wildman–Crippen LogP) is 4.03. The van der Waals surface area contributed by atoms with Crippen LogP contribution in [0.2, 0.25) is 10.0 Å². The maximum absolute atomic E-state index is 13.7. The van der Waals surface area contributed by atoms with Gasteiger partial charge in [0.2, 0.25) is 0 Å². The molecule has 1 atom stereocenters. The first-order valence-electron chi connectivity index (χ1n) is 6.62. The summed E-state index contributed by atoms with van der Waals surface area (Å²) in [7, 11) is 0. The Hall–Kier alpha value is -2.36. The highest BCUT2D eigenvalue weighted by atomic mass is 35.5. The number of nitrogens with one attached hydrogen (secondary N) is 1. The molecule has 124 valence electrons. The van der Waals surface area contributed by atoms with Gasteiger partial charge < -0.3 is 10.1 Å². The molecule has 0 aliphatic rings. The van der Waals surface area contributed by atoms with Crippen molar-refractivity contribution in [3.05, 3.63) is 63.6 Å². The average Bonchev–Trinajstić information content (AvgIpc) is 2.54. The molecule has 2 aromatic carbocycles. The number of carbonyl (C=O) groups is 1. The van der Waals surface area contributed by atoms with Crippen molar-refractivity contribution < 1.29 is 18.3 Å². The van der Waals surface area contributed by atoms with Gasteiger partial charge in [-0.2, -0.15) is 5.26 Å². The van der Waals surface area contributed by atoms with Crippen LogP contribution >= 0.6 is 23.2 Å². The number of carbonyl (C=O) groups excluding carboxylic acids is 1. The molecule has 4 nitrogen and oxygen atoms in total. The standard InChI is InChI=1S/C16H10Cl2F2N2O2/c17-12-4-2-10(6-13(12)18)24-8-16(23)22-15(7-21)11-3-1-9(19)5-14(11)20/h1-6,15H,8H2,(H,22,23). The molecule has 2 rings (SSSR count). The van der Waals surface area contributed by atoms with E-state index in [1.807, 2.05) is 0 Å². The number of nitrogens with zero attached hydrogens (tertiary/aromatic N) is 1. The Morgan fingerprint density at radius 2 is 1.96 bits per heavy atom. The molecule has 1 amide bonds. The van der Waals surface area contributed by atoms with E-state index in [2.05, 4.69) is 5.32 Å². The summed E-state index contributed by atoms with van der Waals surface area (Å²) in [6, 6.07) is 7.65. The zero-order chi connectivity index (χ0) is 17.7. The average molecular weight is 371 g/mol. The Labute approximate surface area is 146 Å². The first kappa shape index (κ1) is 18.0. The number of amides is 1. The van der Waals surface area contributed by atoms with Gasteiger partial charge in [-0.3, -0.25) is 4.79 Å². The zero-order valence-electron chi connectivity index (χ0n) is 12.0. The summed E-state index contributed by atoms with van der Waals surface area (Å²) in [5.74, 6) is -2.05. The second-order valence-corrected chi connectivity index (χ2v) is 5.47. The van der Waals surface area contributed by atoms with Gasteiger partial charge in [-0.15, -0.1) is 0 Å². The van der Waals surface area contributed by atoms with Crippen molar-refractivity contribution in [1.82, 2.24) is 5.32 Å². The van der Waals surface area contributed by atoms with Crippen molar-refractivity contribution in [2.45, 2.75) is 6.04 Å². The Morgan fingerprint density at radius 3 is 2.58 bits per heavy atom. The molecule has 0 aliphatic carbocycles. The second kappa shape index (κ2) is 7.95. The third-order valence-corrected chi connectivity index (χ3v) is 3.71. The van der Waals surface area contributed by atoms with E-state index in [1.54, 1.807) is 6.07 Å². The maximum Gasteiger partial charge on any atom is 0.259 e. The quantitative estimate of drug-likeness (QED) is 0.863. The van der Waals surface area contributed by atoms with E-state index in [9.17, 15) is 13.6 Å². The molecule has 0 saturated heterocycles. The lowest BCUT2D eigenvalue weighted by Gasteiger charge is -2.13. The highest BCUT2D eigenvalue weighted by Gasteiger charge is 2.18. The minimum Gasteiger partial charge on any atom is -0.484 e. The van der Waals surface area contributed by atoms with Crippen molar-refractivity contribution >= 4 is 29.1 Å². The van der Waals surface area contributed by atoms with Gasteiger partial charge in [-0.25, -0.2) is 8.78 Å². The van der Waals surface area contributed by atoms with Crippen molar-refractivity contribution in [2.24, 2.45) is 0 Å². The van der Waals surface area contributed by atoms with Crippen LogP contribution in [0.25, 0.3) is 0 Å². The van der Waals surface area contributed by atoms with E-state index in [4.69, 9.17) is 33.2 Å². The van der Waals surface area contributed by atoms with E-state index in [1.165, 1.54) is 18.2 Å². The molecule has 1 N–H and O–H groups in total. The molecule has 0 bridgehead atoms. The number of hydrogen-bond acceptors (Lipinski definition) is 3. The first-order valence-corrected chi connectivity index (χ1v) is 7.38. The summed E-state index contributed by atoms with van der Waals surface area (Å²) in [6.45, 7) is -0.418. The normalized spacial score (nSPS) is 11.5. The summed E-state index contributed by atoms with van der Waals surface area (Å²) in [6.07, 6.45) is 0. The summed E-state index contributed by atoms with van der Waals surface area (Å²) < 4.78 is 31.8. The lowest BCUT2D eigenvalue weighted by atomic mass is 10.1. The van der Waals surface area contributed by atoms with E-state index in [0.717, 1.165) is 12.1 Å². The van der Waals surface area contributed by atoms with Crippen LogP contribution in [0.4, 0.5) is 8.78 Å². The monoisotopic (exact) mass is 370 g/mol. The molecule has 0 radical (unpaired) electrons. The lowest BCUT2D eigenvalue weighted by Crippen LogP contribution is -2.32. The molecular formula is C16H10Cl2F2N2O2. The highest BCUT2D eigenvalue weighted by Crippen LogP contribution is 2.26. The van der Waals surface area contributed by atoms with E-state index in [-0.39, 0.29) is 10.6 Å². The Kier molecular flexibility index (Phi) is 5.96. The smallest absolute Gasteiger partial charge is 0.259 e. The van der Waals surface area contributed by atoms with Crippen LogP contribution in [0, 0.1) is 23.0 Å². The minimum atomic E-state index is -1.27. The number of benzene rings is 2. The van der Waals surface area contributed by atoms with Gasteiger partial charge >= 0.3 is 0 Å². The van der Waals surface area contributed by atoms with Crippen LogP contribution in [0.15, 0.2) is 36.4 Å². The van der Waals surface area contributed by atoms with Gasteiger partial charge in [0.1, 0.15) is 23.4 Å². The van der Waals surface area contributed by atoms with Crippen LogP contribution < -0.4 is 10.1 Å². The lowest BCUT2D eigenvalue weighted by molar-refractivity contribution is -0.123. The van der Waals surface area contributed by atoms with Crippen LogP contribution in [-0.4, -0.2) is 12.5 Å². The third-order valence-electron chi connectivity index (χ3n) is 2.97. The van der Waals surface area contributed by atoms with Gasteiger partial charge in [-0.1, -0.05) is 29.3 Å². The highest BCUT2D eigenvalue weighted by molar-refractivity contribution is 6.42. The molecule has 0 fully saturated rings. The molecular weight excluding hydrogens is 361 g/mol. The van der Waals surface area contributed by atoms with Gasteiger partial charge in [0.15, 0.2) is 6.61 Å². The first-order chi connectivity index (χ1) is 11.4. The van der Waals surface area contributed by atoms with Gasteiger partial charge in [0.05, 0.1) is 16.1 Å². The number of halogens is 4. The van der Waals surface area contributed by atoms with Gasteiger partial charge in [-0.05, 0) is 18.2 Å². The Balaban J connectivity index is 1.99. The van der Waals surface area contributed by atoms with Crippen molar-refractivity contribution in [2.75, 3.05) is 6.61 Å². The largest absolute Gasteiger partial charge is 0.484 e. The Bertz CT molecular complexity index is 809. The van der Waals surface area contributed by atoms with Crippen LogP contribution in [0.5, 0.6) is 5.75 Å². The third kappa shape index (κ3) is 4.57. The predicted molar refractivity (Wildman–Crippen MR) is 84.8 cm³/mol. The Morgan fingerprint density at radius 1 is 1.21 bits per heavy atom. The van der Waals surface area contributed by atoms with Gasteiger partial charge in [0.25, 0.3) is 5.91 Å². The van der Waals surface area contributed by atoms with Crippen molar-refractivity contribution in [3.63, 3.8) is 0 Å². The summed E-state index contributed by atoms with van der Waals surface area (Å²) in [4.78, 5) is 11.8. The molecule has 0 aliphatic heterocycles. The topological polar surface area (TPSA) is 62.1 Å². The van der Waals surface area contributed by atoms with Crippen LogP contribution in [-0.2, 0) is 4.79 Å². The van der Waals surface area contributed by atoms with Crippen molar-refractivity contribution in [1.29, 1.82) is 5.26 Å². The van der Waals surface area contributed by atoms with Crippen LogP contribution in [0.3, 0.4) is 0 Å². The number of hydrogen-bond donors (Lipinski definition) is 1. The molecule has 1 unspecified atom stereocenters.